The molecule has 0 unspecified atom stereocenters. The maximum atomic E-state index is 8.34. The minimum atomic E-state index is 0.605. The first kappa shape index (κ1) is 9.50. The molecule has 0 atom stereocenters. The van der Waals surface area contributed by atoms with Crippen LogP contribution in [0.2, 0.25) is 0 Å². The van der Waals surface area contributed by atoms with Crippen molar-refractivity contribution in [1.29, 1.82) is 5.26 Å². The van der Waals surface area contributed by atoms with Crippen LogP contribution >= 0.6 is 0 Å². The molecular weight excluding hydrogens is 162 g/mol. The van der Waals surface area contributed by atoms with Crippen molar-refractivity contribution < 1.29 is 4.74 Å². The maximum Gasteiger partial charge on any atom is 0.0912 e. The highest BCUT2D eigenvalue weighted by atomic mass is 16.5. The van der Waals surface area contributed by atoms with E-state index in [-0.39, 0.29) is 0 Å². The Labute approximate surface area is 78.1 Å². The Hall–Kier alpha value is -1.59. The zero-order valence-electron chi connectivity index (χ0n) is 7.53. The van der Waals surface area contributed by atoms with Gasteiger partial charge in [-0.3, -0.25) is 0 Å². The number of benzene rings is 1. The molecule has 0 saturated carbocycles. The van der Waals surface area contributed by atoms with E-state index < -0.39 is 0 Å². The molecule has 2 nitrogen and oxygen atoms in total. The summed E-state index contributed by atoms with van der Waals surface area (Å²) >= 11 is 0. The van der Waals surface area contributed by atoms with Gasteiger partial charge in [-0.15, -0.1) is 0 Å². The Kier molecular flexibility index (Phi) is 3.74. The van der Waals surface area contributed by atoms with Crippen molar-refractivity contribution >= 4 is 6.08 Å². The van der Waals surface area contributed by atoms with Crippen molar-refractivity contribution in [3.05, 3.63) is 41.5 Å². The molecule has 1 rings (SSSR count). The third kappa shape index (κ3) is 3.10. The quantitative estimate of drug-likeness (QED) is 0.657. The van der Waals surface area contributed by atoms with Crippen LogP contribution in [0.5, 0.6) is 0 Å². The van der Waals surface area contributed by atoms with Gasteiger partial charge in [-0.05, 0) is 23.3 Å². The summed E-state index contributed by atoms with van der Waals surface area (Å²) < 4.78 is 5.00. The van der Waals surface area contributed by atoms with Crippen LogP contribution in [-0.2, 0) is 11.3 Å². The molecule has 0 fully saturated rings. The molecule has 0 N–H and O–H groups in total. The fourth-order valence-corrected chi connectivity index (χ4v) is 1.09. The van der Waals surface area contributed by atoms with Crippen LogP contribution in [0.25, 0.3) is 6.08 Å². The second-order valence-electron chi connectivity index (χ2n) is 2.64. The van der Waals surface area contributed by atoms with Crippen LogP contribution in [0.15, 0.2) is 30.3 Å². The van der Waals surface area contributed by atoms with Crippen molar-refractivity contribution in [3.63, 3.8) is 0 Å². The number of nitrogens with zero attached hydrogens (tertiary/aromatic N) is 1. The molecule has 1 aromatic carbocycles. The van der Waals surface area contributed by atoms with Gasteiger partial charge in [-0.2, -0.15) is 5.26 Å². The molecule has 0 aliphatic carbocycles. The first-order chi connectivity index (χ1) is 6.36. The number of hydrogen-bond acceptors (Lipinski definition) is 2. The van der Waals surface area contributed by atoms with Gasteiger partial charge in [0, 0.05) is 13.2 Å². The van der Waals surface area contributed by atoms with Gasteiger partial charge in [0.05, 0.1) is 12.7 Å². The fourth-order valence-electron chi connectivity index (χ4n) is 1.09. The summed E-state index contributed by atoms with van der Waals surface area (Å²) in [7, 11) is 1.66. The molecule has 13 heavy (non-hydrogen) atoms. The predicted molar refractivity (Wildman–Crippen MR) is 51.8 cm³/mol. The summed E-state index contributed by atoms with van der Waals surface area (Å²) in [6.45, 7) is 0.605. The van der Waals surface area contributed by atoms with Crippen LogP contribution in [0, 0.1) is 11.3 Å². The van der Waals surface area contributed by atoms with Crippen LogP contribution in [0.3, 0.4) is 0 Å². The predicted octanol–water partition coefficient (Wildman–Crippen LogP) is 2.37. The SMILES string of the molecule is COCc1cccc(/C=C/C#N)c1. The van der Waals surface area contributed by atoms with E-state index in [1.807, 2.05) is 30.3 Å². The molecule has 0 aliphatic rings. The standard InChI is InChI=1S/C11H11NO/c1-13-9-11-5-2-4-10(8-11)6-3-7-12/h2-6,8H,9H2,1H3/b6-3+. The Morgan fingerprint density at radius 3 is 3.08 bits per heavy atom. The van der Waals surface area contributed by atoms with Gasteiger partial charge in [0.2, 0.25) is 0 Å². The number of allylic oxidation sites excluding steroid dienone is 1. The highest BCUT2D eigenvalue weighted by Gasteiger charge is 1.91. The van der Waals surface area contributed by atoms with E-state index in [1.165, 1.54) is 6.08 Å². The molecule has 0 spiro atoms. The lowest BCUT2D eigenvalue weighted by molar-refractivity contribution is 0.185. The van der Waals surface area contributed by atoms with Crippen molar-refractivity contribution in [2.45, 2.75) is 6.61 Å². The van der Waals surface area contributed by atoms with Crippen molar-refractivity contribution in [3.8, 4) is 6.07 Å². The van der Waals surface area contributed by atoms with Gasteiger partial charge >= 0.3 is 0 Å². The average molecular weight is 173 g/mol. The van der Waals surface area contributed by atoms with E-state index in [1.54, 1.807) is 13.2 Å². The van der Waals surface area contributed by atoms with Gasteiger partial charge in [-0.25, -0.2) is 0 Å². The molecule has 66 valence electrons. The number of methoxy groups -OCH3 is 1. The summed E-state index contributed by atoms with van der Waals surface area (Å²) in [6, 6.07) is 9.85. The first-order valence-electron chi connectivity index (χ1n) is 4.01. The summed E-state index contributed by atoms with van der Waals surface area (Å²) in [4.78, 5) is 0. The zero-order chi connectivity index (χ0) is 9.52. The lowest BCUT2D eigenvalue weighted by Crippen LogP contribution is -1.86. The summed E-state index contributed by atoms with van der Waals surface area (Å²) in [5, 5.41) is 8.34. The van der Waals surface area contributed by atoms with E-state index >= 15 is 0 Å². The molecular formula is C11H11NO. The minimum absolute atomic E-state index is 0.605. The molecule has 2 heteroatoms. The number of nitriles is 1. The number of rotatable bonds is 3. The maximum absolute atomic E-state index is 8.34. The molecule has 0 aliphatic heterocycles. The Bertz CT molecular complexity index is 336. The molecule has 0 amide bonds. The summed E-state index contributed by atoms with van der Waals surface area (Å²) in [5.41, 5.74) is 2.14. The largest absolute Gasteiger partial charge is 0.380 e. The van der Waals surface area contributed by atoms with E-state index in [9.17, 15) is 0 Å². The van der Waals surface area contributed by atoms with Gasteiger partial charge in [0.1, 0.15) is 0 Å². The van der Waals surface area contributed by atoms with Crippen molar-refractivity contribution in [2.75, 3.05) is 7.11 Å². The first-order valence-corrected chi connectivity index (χ1v) is 4.01. The van der Waals surface area contributed by atoms with Crippen LogP contribution in [0.1, 0.15) is 11.1 Å². The molecule has 0 aromatic heterocycles. The van der Waals surface area contributed by atoms with Crippen LogP contribution in [-0.4, -0.2) is 7.11 Å². The van der Waals surface area contributed by atoms with Crippen LogP contribution < -0.4 is 0 Å². The Balaban J connectivity index is 2.80. The third-order valence-corrected chi connectivity index (χ3v) is 1.61. The topological polar surface area (TPSA) is 33.0 Å². The monoisotopic (exact) mass is 173 g/mol. The van der Waals surface area contributed by atoms with Gasteiger partial charge in [0.15, 0.2) is 0 Å². The van der Waals surface area contributed by atoms with Crippen molar-refractivity contribution in [1.82, 2.24) is 0 Å². The van der Waals surface area contributed by atoms with E-state index in [0.29, 0.717) is 6.61 Å². The summed E-state index contributed by atoms with van der Waals surface area (Å²) in [6.07, 6.45) is 3.24. The van der Waals surface area contributed by atoms with E-state index in [2.05, 4.69) is 0 Å². The molecule has 0 bridgehead atoms. The molecule has 1 aromatic rings. The van der Waals surface area contributed by atoms with E-state index in [0.717, 1.165) is 11.1 Å². The van der Waals surface area contributed by atoms with Gasteiger partial charge in [0.25, 0.3) is 0 Å². The van der Waals surface area contributed by atoms with Crippen LogP contribution in [0.4, 0.5) is 0 Å². The normalized spacial score (nSPS) is 10.2. The van der Waals surface area contributed by atoms with Gasteiger partial charge < -0.3 is 4.74 Å². The van der Waals surface area contributed by atoms with E-state index in [4.69, 9.17) is 10.00 Å². The molecule has 0 radical (unpaired) electrons. The Morgan fingerprint density at radius 1 is 1.54 bits per heavy atom. The lowest BCUT2D eigenvalue weighted by Gasteiger charge is -1.99. The number of hydrogen-bond donors (Lipinski definition) is 0. The smallest absolute Gasteiger partial charge is 0.0912 e. The second kappa shape index (κ2) is 5.13. The number of ether oxygens (including phenoxy) is 1. The fraction of sp³-hybridized carbons (Fsp3) is 0.182. The average Bonchev–Trinajstić information content (AvgIpc) is 2.16. The molecule has 0 heterocycles. The second-order valence-corrected chi connectivity index (χ2v) is 2.64. The highest BCUT2D eigenvalue weighted by molar-refractivity contribution is 5.52. The third-order valence-electron chi connectivity index (χ3n) is 1.61. The highest BCUT2D eigenvalue weighted by Crippen LogP contribution is 2.07. The molecule has 0 saturated heterocycles. The zero-order valence-corrected chi connectivity index (χ0v) is 7.53. The Morgan fingerprint density at radius 2 is 2.38 bits per heavy atom. The van der Waals surface area contributed by atoms with Gasteiger partial charge in [-0.1, -0.05) is 18.2 Å². The summed E-state index contributed by atoms with van der Waals surface area (Å²) in [5.74, 6) is 0. The lowest BCUT2D eigenvalue weighted by atomic mass is 10.1. The van der Waals surface area contributed by atoms with Crippen molar-refractivity contribution in [2.24, 2.45) is 0 Å². The minimum Gasteiger partial charge on any atom is -0.380 e.